The van der Waals surface area contributed by atoms with Crippen LogP contribution in [0.3, 0.4) is 0 Å². The molecule has 0 unspecified atom stereocenters. The van der Waals surface area contributed by atoms with Crippen molar-refractivity contribution in [3.8, 4) is 0 Å². The van der Waals surface area contributed by atoms with E-state index in [2.05, 4.69) is 40.2 Å². The van der Waals surface area contributed by atoms with Crippen molar-refractivity contribution in [2.75, 3.05) is 20.6 Å². The molecule has 3 nitrogen and oxygen atoms in total. The lowest BCUT2D eigenvalue weighted by Gasteiger charge is -2.43. The Morgan fingerprint density at radius 3 is 2.52 bits per heavy atom. The van der Waals surface area contributed by atoms with Gasteiger partial charge < -0.3 is 10.2 Å². The van der Waals surface area contributed by atoms with Gasteiger partial charge in [0.1, 0.15) is 0 Å². The summed E-state index contributed by atoms with van der Waals surface area (Å²) in [5.41, 5.74) is 0.683. The van der Waals surface area contributed by atoms with Gasteiger partial charge in [0.15, 0.2) is 0 Å². The fourth-order valence-corrected chi connectivity index (χ4v) is 3.88. The Labute approximate surface area is 140 Å². The van der Waals surface area contributed by atoms with Crippen molar-refractivity contribution < 1.29 is 4.79 Å². The van der Waals surface area contributed by atoms with Crippen LogP contribution in [-0.4, -0.2) is 37.0 Å². The predicted molar refractivity (Wildman–Crippen MR) is 91.0 cm³/mol. The summed E-state index contributed by atoms with van der Waals surface area (Å²) in [4.78, 5) is 14.6. The van der Waals surface area contributed by atoms with Crippen LogP contribution < -0.4 is 5.32 Å². The molecule has 2 rings (SSSR count). The number of hydrogen-bond acceptors (Lipinski definition) is 2. The van der Waals surface area contributed by atoms with E-state index in [1.54, 1.807) is 18.2 Å². The van der Waals surface area contributed by atoms with Crippen LogP contribution in [0.4, 0.5) is 0 Å². The molecule has 116 valence electrons. The fourth-order valence-electron chi connectivity index (χ4n) is 3.02. The predicted octanol–water partition coefficient (Wildman–Crippen LogP) is 4.10. The highest BCUT2D eigenvalue weighted by Gasteiger charge is 2.34. The molecule has 0 aliphatic heterocycles. The van der Waals surface area contributed by atoms with Gasteiger partial charge in [-0.15, -0.1) is 0 Å². The summed E-state index contributed by atoms with van der Waals surface area (Å²) in [6.07, 6.45) is 6.04. The molecule has 1 aliphatic rings. The van der Waals surface area contributed by atoms with Crippen molar-refractivity contribution in [1.29, 1.82) is 0 Å². The number of carbonyl (C=O) groups is 1. The highest BCUT2D eigenvalue weighted by Crippen LogP contribution is 2.31. The van der Waals surface area contributed by atoms with Crippen molar-refractivity contribution in [2.24, 2.45) is 0 Å². The van der Waals surface area contributed by atoms with Gasteiger partial charge in [-0.1, -0.05) is 46.8 Å². The maximum atomic E-state index is 12.3. The molecule has 0 bridgehead atoms. The van der Waals surface area contributed by atoms with E-state index in [0.717, 1.165) is 17.3 Å². The third kappa shape index (κ3) is 4.21. The number of benzene rings is 1. The van der Waals surface area contributed by atoms with E-state index < -0.39 is 0 Å². The van der Waals surface area contributed by atoms with Crippen molar-refractivity contribution >= 4 is 33.4 Å². The van der Waals surface area contributed by atoms with Crippen molar-refractivity contribution in [3.63, 3.8) is 0 Å². The van der Waals surface area contributed by atoms with E-state index in [9.17, 15) is 4.79 Å². The van der Waals surface area contributed by atoms with Crippen molar-refractivity contribution in [1.82, 2.24) is 10.2 Å². The zero-order chi connectivity index (χ0) is 15.5. The largest absolute Gasteiger partial charge is 0.350 e. The van der Waals surface area contributed by atoms with Gasteiger partial charge in [0.05, 0.1) is 0 Å². The van der Waals surface area contributed by atoms with Gasteiger partial charge in [0.25, 0.3) is 5.91 Å². The molecule has 0 spiro atoms. The van der Waals surface area contributed by atoms with E-state index in [0.29, 0.717) is 17.1 Å². The molecule has 1 fully saturated rings. The molecule has 1 saturated carbocycles. The highest BCUT2D eigenvalue weighted by atomic mass is 79.9. The van der Waals surface area contributed by atoms with Crippen LogP contribution in [0.1, 0.15) is 42.5 Å². The van der Waals surface area contributed by atoms with E-state index in [-0.39, 0.29) is 11.4 Å². The molecule has 0 saturated heterocycles. The highest BCUT2D eigenvalue weighted by molar-refractivity contribution is 9.10. The Balaban J connectivity index is 2.05. The van der Waals surface area contributed by atoms with Crippen LogP contribution in [-0.2, 0) is 0 Å². The maximum absolute atomic E-state index is 12.3. The van der Waals surface area contributed by atoms with Crippen LogP contribution in [0.25, 0.3) is 0 Å². The average Bonchev–Trinajstić information content (AvgIpc) is 2.44. The smallest absolute Gasteiger partial charge is 0.251 e. The summed E-state index contributed by atoms with van der Waals surface area (Å²) in [6.45, 7) is 0.683. The third-order valence-corrected chi connectivity index (χ3v) is 5.11. The fraction of sp³-hybridized carbons (Fsp3) is 0.562. The summed E-state index contributed by atoms with van der Waals surface area (Å²) in [7, 11) is 4.21. The molecular formula is C16H22BrClN2O. The first-order chi connectivity index (χ1) is 9.93. The summed E-state index contributed by atoms with van der Waals surface area (Å²) < 4.78 is 0.820. The van der Waals surface area contributed by atoms with Gasteiger partial charge in [-0.3, -0.25) is 4.79 Å². The lowest BCUT2D eigenvalue weighted by Crippen LogP contribution is -2.53. The zero-order valence-corrected chi connectivity index (χ0v) is 14.9. The van der Waals surface area contributed by atoms with E-state index in [1.165, 1.54) is 19.3 Å². The minimum absolute atomic E-state index is 0.0648. The minimum atomic E-state index is -0.0648. The van der Waals surface area contributed by atoms with Crippen molar-refractivity contribution in [3.05, 3.63) is 33.3 Å². The van der Waals surface area contributed by atoms with Gasteiger partial charge in [-0.2, -0.15) is 0 Å². The van der Waals surface area contributed by atoms with Crippen LogP contribution >= 0.6 is 27.5 Å². The number of nitrogens with zero attached hydrogens (tertiary/aromatic N) is 1. The summed E-state index contributed by atoms with van der Waals surface area (Å²) in [5.74, 6) is -0.0648. The molecule has 1 aromatic carbocycles. The Bertz CT molecular complexity index is 493. The minimum Gasteiger partial charge on any atom is -0.350 e. The number of amides is 1. The second-order valence-corrected chi connectivity index (χ2v) is 7.37. The third-order valence-electron chi connectivity index (χ3n) is 4.44. The van der Waals surface area contributed by atoms with E-state index in [4.69, 9.17) is 11.6 Å². The SMILES string of the molecule is CN(C)C1(CNC(=O)c2cc(Cl)cc(Br)c2)CCCCC1. The van der Waals surface area contributed by atoms with Gasteiger partial charge in [-0.05, 0) is 45.1 Å². The number of hydrogen-bond donors (Lipinski definition) is 1. The Hall–Kier alpha value is -0.580. The molecule has 1 N–H and O–H groups in total. The Morgan fingerprint density at radius 1 is 1.29 bits per heavy atom. The molecule has 0 heterocycles. The van der Waals surface area contributed by atoms with Crippen LogP contribution in [0.15, 0.2) is 22.7 Å². The molecule has 0 radical (unpaired) electrons. The molecule has 1 aromatic rings. The van der Waals surface area contributed by atoms with E-state index >= 15 is 0 Å². The molecule has 1 aliphatic carbocycles. The maximum Gasteiger partial charge on any atom is 0.251 e. The first-order valence-corrected chi connectivity index (χ1v) is 8.52. The first-order valence-electron chi connectivity index (χ1n) is 7.35. The topological polar surface area (TPSA) is 32.3 Å². The lowest BCUT2D eigenvalue weighted by atomic mass is 9.80. The molecule has 0 atom stereocenters. The number of likely N-dealkylation sites (N-methyl/N-ethyl adjacent to an activating group) is 1. The number of nitrogens with one attached hydrogen (secondary N) is 1. The standard InChI is InChI=1S/C16H22BrClN2O/c1-20(2)16(6-4-3-5-7-16)11-19-15(21)12-8-13(17)10-14(18)9-12/h8-10H,3-7,11H2,1-2H3,(H,19,21). The summed E-state index contributed by atoms with van der Waals surface area (Å²) in [5, 5.41) is 3.65. The van der Waals surface area contributed by atoms with Crippen LogP contribution in [0, 0.1) is 0 Å². The van der Waals surface area contributed by atoms with Crippen LogP contribution in [0.5, 0.6) is 0 Å². The number of carbonyl (C=O) groups excluding carboxylic acids is 1. The molecule has 1 amide bonds. The monoisotopic (exact) mass is 372 g/mol. The summed E-state index contributed by atoms with van der Waals surface area (Å²) >= 11 is 9.37. The molecular weight excluding hydrogens is 352 g/mol. The average molecular weight is 374 g/mol. The first kappa shape index (κ1) is 16.8. The Kier molecular flexibility index (Phi) is 5.69. The normalized spacial score (nSPS) is 17.8. The van der Waals surface area contributed by atoms with Gasteiger partial charge in [0.2, 0.25) is 0 Å². The molecule has 21 heavy (non-hydrogen) atoms. The quantitative estimate of drug-likeness (QED) is 0.862. The second-order valence-electron chi connectivity index (χ2n) is 6.02. The van der Waals surface area contributed by atoms with Gasteiger partial charge in [-0.25, -0.2) is 0 Å². The van der Waals surface area contributed by atoms with E-state index in [1.807, 2.05) is 0 Å². The number of rotatable bonds is 4. The molecule has 5 heteroatoms. The van der Waals surface area contributed by atoms with Gasteiger partial charge >= 0.3 is 0 Å². The molecule has 0 aromatic heterocycles. The summed E-state index contributed by atoms with van der Waals surface area (Å²) in [6, 6.07) is 5.27. The zero-order valence-electron chi connectivity index (χ0n) is 12.6. The van der Waals surface area contributed by atoms with Crippen LogP contribution in [0.2, 0.25) is 5.02 Å². The number of halogens is 2. The second kappa shape index (κ2) is 7.12. The Morgan fingerprint density at radius 2 is 1.95 bits per heavy atom. The lowest BCUT2D eigenvalue weighted by molar-refractivity contribution is 0.0799. The van der Waals surface area contributed by atoms with Crippen molar-refractivity contribution in [2.45, 2.75) is 37.6 Å². The van der Waals surface area contributed by atoms with Gasteiger partial charge in [0, 0.05) is 27.1 Å².